The zero-order valence-corrected chi connectivity index (χ0v) is 15.6. The lowest BCUT2D eigenvalue weighted by Gasteiger charge is -2.18. The molecule has 1 aromatic carbocycles. The molecular weight excluding hydrogens is 320 g/mol. The SMILES string of the molecule is CCC/C(Br)=C(/C#Cc1ccc(C(C)(C)C)cc1)CCC. The monoisotopic (exact) mass is 346 g/mol. The molecule has 0 amide bonds. The maximum atomic E-state index is 3.69. The minimum Gasteiger partial charge on any atom is -0.0653 e. The van der Waals surface area contributed by atoms with E-state index in [-0.39, 0.29) is 5.41 Å². The highest BCUT2D eigenvalue weighted by atomic mass is 79.9. The molecule has 0 spiro atoms. The van der Waals surface area contributed by atoms with Crippen molar-refractivity contribution >= 4 is 15.9 Å². The molecule has 0 aromatic heterocycles. The van der Waals surface area contributed by atoms with Crippen LogP contribution in [0.15, 0.2) is 34.3 Å². The summed E-state index contributed by atoms with van der Waals surface area (Å²) in [6.45, 7) is 11.1. The summed E-state index contributed by atoms with van der Waals surface area (Å²) in [5.74, 6) is 6.67. The Morgan fingerprint density at radius 2 is 1.57 bits per heavy atom. The minimum absolute atomic E-state index is 0.198. The molecule has 0 aliphatic rings. The van der Waals surface area contributed by atoms with Gasteiger partial charge in [-0.3, -0.25) is 0 Å². The van der Waals surface area contributed by atoms with E-state index in [0.717, 1.165) is 31.2 Å². The zero-order chi connectivity index (χ0) is 15.9. The second kappa shape index (κ2) is 8.44. The van der Waals surface area contributed by atoms with Gasteiger partial charge >= 0.3 is 0 Å². The summed E-state index contributed by atoms with van der Waals surface area (Å²) < 4.78 is 1.27. The first-order valence-electron chi connectivity index (χ1n) is 7.88. The lowest BCUT2D eigenvalue weighted by molar-refractivity contribution is 0.590. The largest absolute Gasteiger partial charge is 0.0653 e. The van der Waals surface area contributed by atoms with Crippen molar-refractivity contribution in [3.8, 4) is 11.8 Å². The van der Waals surface area contributed by atoms with Gasteiger partial charge in [0.2, 0.25) is 0 Å². The molecule has 0 atom stereocenters. The third kappa shape index (κ3) is 6.10. The molecule has 0 saturated carbocycles. The van der Waals surface area contributed by atoms with Gasteiger partial charge in [-0.2, -0.15) is 0 Å². The van der Waals surface area contributed by atoms with E-state index < -0.39 is 0 Å². The summed E-state index contributed by atoms with van der Waals surface area (Å²) in [6, 6.07) is 8.64. The lowest BCUT2D eigenvalue weighted by Crippen LogP contribution is -2.10. The molecule has 0 saturated heterocycles. The van der Waals surface area contributed by atoms with E-state index in [9.17, 15) is 0 Å². The Hall–Kier alpha value is -1.00. The summed E-state index contributed by atoms with van der Waals surface area (Å²) in [5.41, 5.74) is 3.89. The number of halogens is 1. The minimum atomic E-state index is 0.198. The van der Waals surface area contributed by atoms with Crippen LogP contribution in [-0.4, -0.2) is 0 Å². The van der Waals surface area contributed by atoms with Gasteiger partial charge in [0.25, 0.3) is 0 Å². The fourth-order valence-corrected chi connectivity index (χ4v) is 2.78. The molecule has 21 heavy (non-hydrogen) atoms. The van der Waals surface area contributed by atoms with Crippen molar-refractivity contribution in [2.45, 2.75) is 65.7 Å². The fourth-order valence-electron chi connectivity index (χ4n) is 2.09. The molecule has 0 bridgehead atoms. The van der Waals surface area contributed by atoms with Gasteiger partial charge in [-0.1, -0.05) is 87.4 Å². The molecule has 0 nitrogen and oxygen atoms in total. The standard InChI is InChI=1S/C20H27Br/c1-6-8-17(19(21)9-7-2)13-10-16-11-14-18(15-12-16)20(3,4)5/h11-12,14-15H,6-9H2,1-5H3/b19-17-. The first-order chi connectivity index (χ1) is 9.88. The molecule has 1 rings (SSSR count). The van der Waals surface area contributed by atoms with Gasteiger partial charge < -0.3 is 0 Å². The van der Waals surface area contributed by atoms with Gasteiger partial charge in [0, 0.05) is 15.6 Å². The van der Waals surface area contributed by atoms with Crippen LogP contribution in [0.25, 0.3) is 0 Å². The van der Waals surface area contributed by atoms with Gasteiger partial charge in [-0.15, -0.1) is 0 Å². The summed E-state index contributed by atoms with van der Waals surface area (Å²) in [5, 5.41) is 0. The Kier molecular flexibility index (Phi) is 7.26. The molecule has 0 N–H and O–H groups in total. The maximum Gasteiger partial charge on any atom is 0.0249 e. The molecule has 114 valence electrons. The van der Waals surface area contributed by atoms with Crippen LogP contribution in [-0.2, 0) is 5.41 Å². The van der Waals surface area contributed by atoms with Gasteiger partial charge in [0.05, 0.1) is 0 Å². The number of hydrogen-bond acceptors (Lipinski definition) is 0. The third-order valence-electron chi connectivity index (χ3n) is 3.41. The Morgan fingerprint density at radius 1 is 1.00 bits per heavy atom. The molecule has 0 radical (unpaired) electrons. The summed E-state index contributed by atoms with van der Waals surface area (Å²) in [4.78, 5) is 0. The first-order valence-corrected chi connectivity index (χ1v) is 8.67. The van der Waals surface area contributed by atoms with Crippen molar-refractivity contribution < 1.29 is 0 Å². The molecule has 0 fully saturated rings. The Bertz CT molecular complexity index is 530. The van der Waals surface area contributed by atoms with E-state index in [1.807, 2.05) is 0 Å². The normalized spacial score (nSPS) is 12.5. The van der Waals surface area contributed by atoms with Crippen molar-refractivity contribution in [3.05, 3.63) is 45.4 Å². The summed E-state index contributed by atoms with van der Waals surface area (Å²) in [6.07, 6.45) is 4.40. The highest BCUT2D eigenvalue weighted by Gasteiger charge is 2.12. The number of hydrogen-bond donors (Lipinski definition) is 0. The van der Waals surface area contributed by atoms with E-state index >= 15 is 0 Å². The molecule has 0 aliphatic carbocycles. The van der Waals surface area contributed by atoms with Gasteiger partial charge in [-0.25, -0.2) is 0 Å². The molecule has 0 unspecified atom stereocenters. The van der Waals surface area contributed by atoms with Crippen LogP contribution in [0.2, 0.25) is 0 Å². The molecule has 1 aromatic rings. The van der Waals surface area contributed by atoms with E-state index in [0.29, 0.717) is 0 Å². The topological polar surface area (TPSA) is 0 Å². The highest BCUT2D eigenvalue weighted by Crippen LogP contribution is 2.23. The second-order valence-electron chi connectivity index (χ2n) is 6.46. The van der Waals surface area contributed by atoms with Gasteiger partial charge in [0.15, 0.2) is 0 Å². The van der Waals surface area contributed by atoms with E-state index in [4.69, 9.17) is 0 Å². The van der Waals surface area contributed by atoms with Crippen molar-refractivity contribution in [2.24, 2.45) is 0 Å². The van der Waals surface area contributed by atoms with Gasteiger partial charge in [-0.05, 0) is 36.0 Å². The van der Waals surface area contributed by atoms with Crippen LogP contribution in [0.5, 0.6) is 0 Å². The highest BCUT2D eigenvalue weighted by molar-refractivity contribution is 9.11. The third-order valence-corrected chi connectivity index (χ3v) is 4.28. The first kappa shape index (κ1) is 18.1. The van der Waals surface area contributed by atoms with Crippen molar-refractivity contribution in [1.82, 2.24) is 0 Å². The van der Waals surface area contributed by atoms with E-state index in [1.165, 1.54) is 15.6 Å². The van der Waals surface area contributed by atoms with Crippen LogP contribution in [0.4, 0.5) is 0 Å². The smallest absolute Gasteiger partial charge is 0.0249 e. The molecule has 0 aliphatic heterocycles. The lowest BCUT2D eigenvalue weighted by atomic mass is 9.87. The Balaban J connectivity index is 2.96. The van der Waals surface area contributed by atoms with Crippen molar-refractivity contribution in [1.29, 1.82) is 0 Å². The second-order valence-corrected chi connectivity index (χ2v) is 7.42. The van der Waals surface area contributed by atoms with Crippen LogP contribution in [0.3, 0.4) is 0 Å². The van der Waals surface area contributed by atoms with Crippen LogP contribution >= 0.6 is 15.9 Å². The van der Waals surface area contributed by atoms with E-state index in [1.54, 1.807) is 0 Å². The quantitative estimate of drug-likeness (QED) is 0.539. The molecular formula is C20H27Br. The predicted octanol–water partition coefficient (Wildman–Crippen LogP) is 6.58. The summed E-state index contributed by atoms with van der Waals surface area (Å²) >= 11 is 3.69. The molecule has 1 heteroatoms. The number of benzene rings is 1. The Morgan fingerprint density at radius 3 is 2.05 bits per heavy atom. The van der Waals surface area contributed by atoms with Crippen LogP contribution in [0.1, 0.15) is 71.4 Å². The number of allylic oxidation sites excluding steroid dienone is 2. The summed E-state index contributed by atoms with van der Waals surface area (Å²) in [7, 11) is 0. The van der Waals surface area contributed by atoms with E-state index in [2.05, 4.69) is 86.7 Å². The van der Waals surface area contributed by atoms with Gasteiger partial charge in [0.1, 0.15) is 0 Å². The van der Waals surface area contributed by atoms with Crippen LogP contribution in [0, 0.1) is 11.8 Å². The fraction of sp³-hybridized carbons (Fsp3) is 0.500. The van der Waals surface area contributed by atoms with Crippen LogP contribution < -0.4 is 0 Å². The Labute approximate surface area is 139 Å². The van der Waals surface area contributed by atoms with Crippen molar-refractivity contribution in [3.63, 3.8) is 0 Å². The average molecular weight is 347 g/mol. The van der Waals surface area contributed by atoms with Crippen molar-refractivity contribution in [2.75, 3.05) is 0 Å². The predicted molar refractivity (Wildman–Crippen MR) is 97.8 cm³/mol. The zero-order valence-electron chi connectivity index (χ0n) is 14.0. The average Bonchev–Trinajstić information content (AvgIpc) is 2.43. The maximum absolute atomic E-state index is 3.69. The number of rotatable bonds is 4. The molecule has 0 heterocycles.